The topological polar surface area (TPSA) is 339 Å². The number of anilines is 2. The number of nitrogen functional groups attached to an aromatic ring is 1. The number of carbonyl (C=O) groups excluding carboxylic acids is 4. The number of phenolic OH excluding ortho intramolecular Hbond substituents is 3. The van der Waals surface area contributed by atoms with Gasteiger partial charge in [0.05, 0.1) is 18.2 Å². The maximum absolute atomic E-state index is 13.8. The summed E-state index contributed by atoms with van der Waals surface area (Å²) in [7, 11) is 0. The number of nitrogens with two attached hydrogens (primary N) is 1. The van der Waals surface area contributed by atoms with Crippen LogP contribution in [0.25, 0.3) is 22.4 Å². The quantitative estimate of drug-likeness (QED) is 0.0174. The first kappa shape index (κ1) is 54.7. The molecule has 0 aliphatic carbocycles. The number of carboxylic acid groups (broad SMARTS) is 2. The van der Waals surface area contributed by atoms with Gasteiger partial charge in [0.15, 0.2) is 10.7 Å². The molecular weight excluding hydrogens is 1050 g/mol. The van der Waals surface area contributed by atoms with E-state index in [1.165, 1.54) is 28.9 Å². The fourth-order valence-electron chi connectivity index (χ4n) is 9.50. The van der Waals surface area contributed by atoms with Crippen LogP contribution in [0.15, 0.2) is 134 Å². The van der Waals surface area contributed by atoms with Crippen molar-refractivity contribution in [1.29, 1.82) is 0 Å². The van der Waals surface area contributed by atoms with E-state index in [0.717, 1.165) is 11.1 Å². The van der Waals surface area contributed by atoms with Gasteiger partial charge in [0.25, 0.3) is 0 Å². The summed E-state index contributed by atoms with van der Waals surface area (Å²) in [6.07, 6.45) is 1.26. The first-order valence-corrected chi connectivity index (χ1v) is 25.6. The molecule has 9 rings (SSSR count). The molecule has 3 atom stereocenters. The number of nitrogens with one attached hydrogen (secondary N) is 5. The van der Waals surface area contributed by atoms with Crippen LogP contribution in [0.3, 0.4) is 0 Å². The fourth-order valence-corrected chi connectivity index (χ4v) is 9.72. The molecule has 3 amide bonds. The van der Waals surface area contributed by atoms with Crippen LogP contribution in [0.4, 0.5) is 11.4 Å². The van der Waals surface area contributed by atoms with Crippen molar-refractivity contribution < 1.29 is 63.8 Å². The van der Waals surface area contributed by atoms with Crippen molar-refractivity contribution in [2.45, 2.75) is 62.3 Å². The van der Waals surface area contributed by atoms with Gasteiger partial charge in [-0.05, 0) is 97.2 Å². The van der Waals surface area contributed by atoms with Crippen molar-refractivity contribution in [2.24, 2.45) is 0 Å². The minimum absolute atomic E-state index is 0.0280. The van der Waals surface area contributed by atoms with Crippen molar-refractivity contribution in [2.75, 3.05) is 24.1 Å². The lowest BCUT2D eigenvalue weighted by atomic mass is 9.77. The SMILES string of the molecule is Nc1ccc(-c2cn([C@H](Cc3ccc(-c4ccccc4O)cc3)C(=O)NCCC(=O)N[C@H](CC(=O)N[C@H](CCCCNC(=S)Nc3ccc4c(c3)C(=O)OC43c4ccc(O)cc4Oc4cc(O)ccc43)C(=O)O)C(=O)O)nn2)cc1. The number of thiocarbonyl (C=S) groups is 1. The first-order chi connectivity index (χ1) is 38.4. The highest BCUT2D eigenvalue weighted by molar-refractivity contribution is 7.80. The number of unbranched alkanes of at least 4 members (excludes halogenated alkanes) is 1. The lowest BCUT2D eigenvalue weighted by Crippen LogP contribution is -2.48. The molecule has 22 nitrogen and oxygen atoms in total. The van der Waals surface area contributed by atoms with E-state index in [-0.39, 0.29) is 71.8 Å². The molecule has 0 fully saturated rings. The Labute approximate surface area is 461 Å². The number of ether oxygens (including phenoxy) is 2. The standard InChI is InChI=1S/C57H53N9O13S/c58-34-14-12-33(13-15-34)45-30-66(65-64-45)46(25-31-8-10-32(11-9-31)38-5-1-2-7-47(38)69)52(72)59-24-22-50(70)63-44(54(75)76)29-51(71)62-43(53(73)74)6-3-4-23-60-56(80)61-35-16-19-40-39(26-35)55(77)79-57(40)41-20-17-36(67)27-48(41)78-49-28-37(68)18-21-42(49)57/h1-2,5,7-21,26-28,30,43-44,46,67-69H,3-4,6,22-25,29,58H2,(H,59,72)(H,62,71)(H,63,70)(H,73,74)(H,75,76)(H2,60,61,80)/t43-,44-,46-/m1/s1. The molecular formula is C57H53N9O13S. The smallest absolute Gasteiger partial charge is 0.340 e. The molecule has 1 aromatic heterocycles. The molecule has 6 aromatic carbocycles. The van der Waals surface area contributed by atoms with Gasteiger partial charge in [-0.2, -0.15) is 0 Å². The van der Waals surface area contributed by atoms with Crippen LogP contribution < -0.4 is 37.1 Å². The second-order valence-electron chi connectivity index (χ2n) is 19.0. The number of esters is 1. The number of carbonyl (C=O) groups is 6. The number of para-hydroxylation sites is 1. The van der Waals surface area contributed by atoms with Crippen molar-refractivity contribution in [3.8, 4) is 51.1 Å². The monoisotopic (exact) mass is 1100 g/mol. The van der Waals surface area contributed by atoms with Crippen molar-refractivity contribution in [1.82, 2.24) is 36.3 Å². The molecule has 2 aliphatic rings. The molecule has 1 spiro atoms. The van der Waals surface area contributed by atoms with Crippen LogP contribution in [-0.4, -0.2) is 106 Å². The number of aromatic hydroxyl groups is 3. The molecule has 0 bridgehead atoms. The molecule has 0 saturated heterocycles. The lowest BCUT2D eigenvalue weighted by molar-refractivity contribution is -0.144. The number of nitrogens with zero attached hydrogens (tertiary/aromatic N) is 3. The van der Waals surface area contributed by atoms with Gasteiger partial charge >= 0.3 is 17.9 Å². The normalized spacial score (nSPS) is 13.7. The summed E-state index contributed by atoms with van der Waals surface area (Å²) in [5, 5.41) is 72.6. The summed E-state index contributed by atoms with van der Waals surface area (Å²) in [4.78, 5) is 77.8. The number of hydrogen-bond donors (Lipinski definition) is 11. The minimum Gasteiger partial charge on any atom is -0.508 e. The third-order valence-corrected chi connectivity index (χ3v) is 13.7. The predicted molar refractivity (Wildman–Crippen MR) is 294 cm³/mol. The van der Waals surface area contributed by atoms with Crippen LogP contribution >= 0.6 is 12.2 Å². The van der Waals surface area contributed by atoms with Gasteiger partial charge in [0.1, 0.15) is 52.6 Å². The molecule has 0 unspecified atom stereocenters. The average Bonchev–Trinajstić information content (AvgIpc) is 4.08. The summed E-state index contributed by atoms with van der Waals surface area (Å²) < 4.78 is 13.5. The molecule has 3 heterocycles. The van der Waals surface area contributed by atoms with E-state index >= 15 is 0 Å². The van der Waals surface area contributed by atoms with Crippen LogP contribution in [-0.2, 0) is 40.7 Å². The largest absolute Gasteiger partial charge is 0.508 e. The lowest BCUT2D eigenvalue weighted by Gasteiger charge is -2.36. The molecule has 7 aromatic rings. The Kier molecular flexibility index (Phi) is 16.2. The number of benzene rings is 6. The van der Waals surface area contributed by atoms with Crippen LogP contribution in [0, 0.1) is 0 Å². The van der Waals surface area contributed by atoms with E-state index in [1.807, 2.05) is 24.3 Å². The summed E-state index contributed by atoms with van der Waals surface area (Å²) in [6, 6.07) is 30.9. The Morgan fingerprint density at radius 1 is 0.700 bits per heavy atom. The number of aliphatic carboxylic acids is 2. The number of rotatable bonds is 21. The van der Waals surface area contributed by atoms with E-state index in [4.69, 9.17) is 27.4 Å². The second-order valence-corrected chi connectivity index (χ2v) is 19.4. The number of fused-ring (bicyclic) bond motifs is 6. The maximum Gasteiger partial charge on any atom is 0.340 e. The highest BCUT2D eigenvalue weighted by Gasteiger charge is 2.53. The zero-order chi connectivity index (χ0) is 56.7. The first-order valence-electron chi connectivity index (χ1n) is 25.2. The summed E-state index contributed by atoms with van der Waals surface area (Å²) in [5.41, 5.74) is 10.4. The highest BCUT2D eigenvalue weighted by Crippen LogP contribution is 2.57. The number of carboxylic acids is 2. The zero-order valence-electron chi connectivity index (χ0n) is 42.4. The Morgan fingerprint density at radius 3 is 2.02 bits per heavy atom. The van der Waals surface area contributed by atoms with Gasteiger partial charge in [-0.3, -0.25) is 14.4 Å². The Balaban J connectivity index is 0.736. The van der Waals surface area contributed by atoms with E-state index in [1.54, 1.807) is 85.1 Å². The molecule has 12 N–H and O–H groups in total. The minimum atomic E-state index is -1.72. The number of hydrogen-bond acceptors (Lipinski definition) is 15. The third-order valence-electron chi connectivity index (χ3n) is 13.5. The Hall–Kier alpha value is -10.0. The van der Waals surface area contributed by atoms with Crippen molar-refractivity contribution in [3.63, 3.8) is 0 Å². The van der Waals surface area contributed by atoms with Crippen LogP contribution in [0.2, 0.25) is 0 Å². The summed E-state index contributed by atoms with van der Waals surface area (Å²) >= 11 is 5.49. The molecule has 0 radical (unpaired) electrons. The van der Waals surface area contributed by atoms with Gasteiger partial charge in [-0.15, -0.1) is 5.10 Å². The molecule has 410 valence electrons. The molecule has 80 heavy (non-hydrogen) atoms. The highest BCUT2D eigenvalue weighted by atomic mass is 32.1. The van der Waals surface area contributed by atoms with Crippen molar-refractivity contribution in [3.05, 3.63) is 161 Å². The fraction of sp³-hybridized carbons (Fsp3) is 0.211. The van der Waals surface area contributed by atoms with Gasteiger partial charge in [0.2, 0.25) is 17.7 Å². The Morgan fingerprint density at radius 2 is 1.35 bits per heavy atom. The predicted octanol–water partition coefficient (Wildman–Crippen LogP) is 5.86. The molecule has 2 aliphatic heterocycles. The summed E-state index contributed by atoms with van der Waals surface area (Å²) in [6.45, 7) is 0.0579. The average molecular weight is 1100 g/mol. The van der Waals surface area contributed by atoms with E-state index < -0.39 is 65.8 Å². The van der Waals surface area contributed by atoms with Crippen molar-refractivity contribution >= 4 is 64.3 Å². The molecule has 0 saturated carbocycles. The number of phenols is 3. The zero-order valence-corrected chi connectivity index (χ0v) is 43.2. The number of aromatic nitrogens is 3. The second kappa shape index (κ2) is 23.7. The third kappa shape index (κ3) is 12.2. The van der Waals surface area contributed by atoms with Gasteiger partial charge < -0.3 is 67.3 Å². The van der Waals surface area contributed by atoms with Gasteiger partial charge in [-0.1, -0.05) is 65.9 Å². The summed E-state index contributed by atoms with van der Waals surface area (Å²) in [5.74, 6) is -5.34. The molecule has 23 heteroatoms. The van der Waals surface area contributed by atoms with Crippen LogP contribution in [0.1, 0.15) is 70.8 Å². The Bertz CT molecular complexity index is 3490. The van der Waals surface area contributed by atoms with E-state index in [0.29, 0.717) is 57.7 Å². The number of amides is 3. The van der Waals surface area contributed by atoms with E-state index in [9.17, 15) is 54.3 Å². The maximum atomic E-state index is 13.8. The van der Waals surface area contributed by atoms with Crippen LogP contribution in [0.5, 0.6) is 28.7 Å². The van der Waals surface area contributed by atoms with Gasteiger partial charge in [-0.25, -0.2) is 19.1 Å². The van der Waals surface area contributed by atoms with Gasteiger partial charge in [0, 0.05) is 77.3 Å². The van der Waals surface area contributed by atoms with E-state index in [2.05, 4.69) is 36.9 Å².